The van der Waals surface area contributed by atoms with Gasteiger partial charge < -0.3 is 15.2 Å². The van der Waals surface area contributed by atoms with Gasteiger partial charge in [-0.1, -0.05) is 30.3 Å². The number of hydrogen-bond acceptors (Lipinski definition) is 4. The average molecular weight is 320 g/mol. The first-order chi connectivity index (χ1) is 10.9. The molecule has 0 bridgehead atoms. The summed E-state index contributed by atoms with van der Waals surface area (Å²) in [6.45, 7) is 7.40. The lowest BCUT2D eigenvalue weighted by Gasteiger charge is -2.38. The fraction of sp³-hybridized carbons (Fsp3) is 0.611. The van der Waals surface area contributed by atoms with Gasteiger partial charge in [0.2, 0.25) is 0 Å². The average Bonchev–Trinajstić information content (AvgIpc) is 2.91. The molecule has 1 aromatic rings. The molecule has 1 unspecified atom stereocenters. The Labute approximate surface area is 138 Å². The molecule has 0 aliphatic carbocycles. The third-order valence-electron chi connectivity index (χ3n) is 4.13. The number of ether oxygens (including phenoxy) is 1. The van der Waals surface area contributed by atoms with Crippen LogP contribution in [0.15, 0.2) is 30.3 Å². The quantitative estimate of drug-likeness (QED) is 0.875. The normalized spacial score (nSPS) is 21.5. The van der Waals surface area contributed by atoms with Crippen LogP contribution in [0, 0.1) is 0 Å². The zero-order valence-corrected chi connectivity index (χ0v) is 14.3. The van der Waals surface area contributed by atoms with Crippen molar-refractivity contribution < 1.29 is 14.6 Å². The highest BCUT2D eigenvalue weighted by Crippen LogP contribution is 2.30. The zero-order chi connectivity index (χ0) is 16.9. The van der Waals surface area contributed by atoms with Gasteiger partial charge in [0.05, 0.1) is 12.1 Å². The molecule has 128 valence electrons. The van der Waals surface area contributed by atoms with Crippen LogP contribution in [0.5, 0.6) is 0 Å². The zero-order valence-electron chi connectivity index (χ0n) is 14.3. The molecular weight excluding hydrogens is 292 g/mol. The van der Waals surface area contributed by atoms with E-state index in [9.17, 15) is 9.90 Å². The van der Waals surface area contributed by atoms with Crippen molar-refractivity contribution in [3.8, 4) is 0 Å². The molecule has 0 spiro atoms. The Hall–Kier alpha value is -1.59. The van der Waals surface area contributed by atoms with Gasteiger partial charge in [-0.25, -0.2) is 4.79 Å². The Morgan fingerprint density at radius 3 is 2.65 bits per heavy atom. The summed E-state index contributed by atoms with van der Waals surface area (Å²) in [4.78, 5) is 14.1. The van der Waals surface area contributed by atoms with Crippen LogP contribution in [0.4, 0.5) is 4.79 Å². The summed E-state index contributed by atoms with van der Waals surface area (Å²) in [6.07, 6.45) is 1.32. The first-order valence-electron chi connectivity index (χ1n) is 8.22. The van der Waals surface area contributed by atoms with E-state index >= 15 is 0 Å². The first-order valence-corrected chi connectivity index (χ1v) is 8.22. The number of rotatable bonds is 5. The summed E-state index contributed by atoms with van der Waals surface area (Å²) in [7, 11) is 0. The van der Waals surface area contributed by atoms with Crippen LogP contribution in [0.25, 0.3) is 0 Å². The van der Waals surface area contributed by atoms with Gasteiger partial charge >= 0.3 is 6.09 Å². The predicted octanol–water partition coefficient (Wildman–Crippen LogP) is 2.54. The summed E-state index contributed by atoms with van der Waals surface area (Å²) in [5.74, 6) is 0. The van der Waals surface area contributed by atoms with Crippen molar-refractivity contribution in [2.24, 2.45) is 0 Å². The second-order valence-corrected chi connectivity index (χ2v) is 7.21. The summed E-state index contributed by atoms with van der Waals surface area (Å²) < 4.78 is 5.49. The number of nitrogens with one attached hydrogen (secondary N) is 1. The maximum atomic E-state index is 12.4. The van der Waals surface area contributed by atoms with Crippen molar-refractivity contribution in [3.63, 3.8) is 0 Å². The van der Waals surface area contributed by atoms with Gasteiger partial charge in [0.15, 0.2) is 0 Å². The molecule has 0 radical (unpaired) electrons. The van der Waals surface area contributed by atoms with Crippen LogP contribution in [0.3, 0.4) is 0 Å². The molecule has 1 aliphatic heterocycles. The van der Waals surface area contributed by atoms with Gasteiger partial charge in [0, 0.05) is 19.6 Å². The largest absolute Gasteiger partial charge is 0.444 e. The molecule has 5 nitrogen and oxygen atoms in total. The van der Waals surface area contributed by atoms with Crippen molar-refractivity contribution in [1.29, 1.82) is 0 Å². The lowest BCUT2D eigenvalue weighted by molar-refractivity contribution is -0.00450. The standard InChI is InChI=1S/C18H28N2O3/c1-17(2,3)23-16(22)20-11-7-10-18(20,14-21)13-19-12-15-8-5-4-6-9-15/h4-6,8-9,19,21H,7,10-14H2,1-3H3. The number of carbonyl (C=O) groups excluding carboxylic acids is 1. The van der Waals surface area contributed by atoms with E-state index in [0.29, 0.717) is 19.6 Å². The predicted molar refractivity (Wildman–Crippen MR) is 90.1 cm³/mol. The number of likely N-dealkylation sites (tertiary alicyclic amines) is 1. The Morgan fingerprint density at radius 2 is 2.04 bits per heavy atom. The fourth-order valence-electron chi connectivity index (χ4n) is 2.98. The van der Waals surface area contributed by atoms with Crippen LogP contribution in [-0.2, 0) is 11.3 Å². The van der Waals surface area contributed by atoms with Crippen LogP contribution in [0.2, 0.25) is 0 Å². The van der Waals surface area contributed by atoms with Crippen molar-refractivity contribution >= 4 is 6.09 Å². The first kappa shape index (κ1) is 17.8. The van der Waals surface area contributed by atoms with E-state index in [2.05, 4.69) is 17.4 Å². The van der Waals surface area contributed by atoms with E-state index < -0.39 is 11.1 Å². The second-order valence-electron chi connectivity index (χ2n) is 7.21. The summed E-state index contributed by atoms with van der Waals surface area (Å²) in [6, 6.07) is 10.1. The maximum absolute atomic E-state index is 12.4. The Bertz CT molecular complexity index is 513. The molecule has 1 atom stereocenters. The van der Waals surface area contributed by atoms with E-state index in [1.165, 1.54) is 5.56 Å². The molecular formula is C18H28N2O3. The molecule has 1 fully saturated rings. The van der Waals surface area contributed by atoms with Gasteiger partial charge in [-0.3, -0.25) is 4.90 Å². The number of carbonyl (C=O) groups is 1. The summed E-state index contributed by atoms with van der Waals surface area (Å²) in [5, 5.41) is 13.3. The Kier molecular flexibility index (Phi) is 5.65. The minimum atomic E-state index is -0.572. The van der Waals surface area contributed by atoms with Gasteiger partial charge in [-0.15, -0.1) is 0 Å². The summed E-state index contributed by atoms with van der Waals surface area (Å²) >= 11 is 0. The van der Waals surface area contributed by atoms with Crippen molar-refractivity contribution in [2.75, 3.05) is 19.7 Å². The van der Waals surface area contributed by atoms with Gasteiger partial charge in [-0.2, -0.15) is 0 Å². The molecule has 1 aromatic carbocycles. The third kappa shape index (κ3) is 4.69. The van der Waals surface area contributed by atoms with Crippen molar-refractivity contribution in [1.82, 2.24) is 10.2 Å². The molecule has 0 aromatic heterocycles. The monoisotopic (exact) mass is 320 g/mol. The highest BCUT2D eigenvalue weighted by Gasteiger charge is 2.44. The van der Waals surface area contributed by atoms with Crippen LogP contribution >= 0.6 is 0 Å². The van der Waals surface area contributed by atoms with E-state index in [-0.39, 0.29) is 12.7 Å². The Morgan fingerprint density at radius 1 is 1.35 bits per heavy atom. The van der Waals surface area contributed by atoms with E-state index in [1.54, 1.807) is 4.90 Å². The number of hydrogen-bond donors (Lipinski definition) is 2. The molecule has 1 aliphatic rings. The maximum Gasteiger partial charge on any atom is 0.410 e. The van der Waals surface area contributed by atoms with Crippen LogP contribution in [-0.4, -0.2) is 46.9 Å². The topological polar surface area (TPSA) is 61.8 Å². The Balaban J connectivity index is 1.98. The minimum absolute atomic E-state index is 0.0615. The lowest BCUT2D eigenvalue weighted by atomic mass is 9.97. The SMILES string of the molecule is CC(C)(C)OC(=O)N1CCCC1(CO)CNCc1ccccc1. The number of amides is 1. The highest BCUT2D eigenvalue weighted by molar-refractivity contribution is 5.69. The molecule has 1 amide bonds. The smallest absolute Gasteiger partial charge is 0.410 e. The van der Waals surface area contributed by atoms with Crippen molar-refractivity contribution in [3.05, 3.63) is 35.9 Å². The number of aliphatic hydroxyl groups excluding tert-OH is 1. The number of benzene rings is 1. The van der Waals surface area contributed by atoms with Crippen LogP contribution < -0.4 is 5.32 Å². The molecule has 5 heteroatoms. The van der Waals surface area contributed by atoms with Gasteiger partial charge in [0.1, 0.15) is 5.60 Å². The van der Waals surface area contributed by atoms with Crippen LogP contribution in [0.1, 0.15) is 39.2 Å². The molecule has 1 heterocycles. The van der Waals surface area contributed by atoms with E-state index in [0.717, 1.165) is 12.8 Å². The lowest BCUT2D eigenvalue weighted by Crippen LogP contribution is -2.56. The minimum Gasteiger partial charge on any atom is -0.444 e. The third-order valence-corrected chi connectivity index (χ3v) is 4.13. The second kappa shape index (κ2) is 7.32. The van der Waals surface area contributed by atoms with Gasteiger partial charge in [0.25, 0.3) is 0 Å². The van der Waals surface area contributed by atoms with Crippen molar-refractivity contribution in [2.45, 2.75) is 51.3 Å². The molecule has 1 saturated heterocycles. The number of nitrogens with zero attached hydrogens (tertiary/aromatic N) is 1. The number of aliphatic hydroxyl groups is 1. The van der Waals surface area contributed by atoms with E-state index in [4.69, 9.17) is 4.74 Å². The van der Waals surface area contributed by atoms with E-state index in [1.807, 2.05) is 39.0 Å². The highest BCUT2D eigenvalue weighted by atomic mass is 16.6. The molecule has 2 N–H and O–H groups in total. The van der Waals surface area contributed by atoms with Gasteiger partial charge in [-0.05, 0) is 39.2 Å². The molecule has 2 rings (SSSR count). The summed E-state index contributed by atoms with van der Waals surface area (Å²) in [5.41, 5.74) is 0.0810. The molecule has 23 heavy (non-hydrogen) atoms. The fourth-order valence-corrected chi connectivity index (χ4v) is 2.98. The molecule has 0 saturated carbocycles.